The Morgan fingerprint density at radius 1 is 1.32 bits per heavy atom. The molecule has 0 spiro atoms. The summed E-state index contributed by atoms with van der Waals surface area (Å²) < 4.78 is 0. The van der Waals surface area contributed by atoms with Gasteiger partial charge in [-0.1, -0.05) is 0 Å². The lowest BCUT2D eigenvalue weighted by molar-refractivity contribution is -0.384. The Morgan fingerprint density at radius 3 is 2.63 bits per heavy atom. The first-order chi connectivity index (χ1) is 9.25. The summed E-state index contributed by atoms with van der Waals surface area (Å²) in [4.78, 5) is 19.0. The molecule has 1 aromatic rings. The minimum atomic E-state index is -0.357. The summed E-state index contributed by atoms with van der Waals surface area (Å²) >= 11 is 0. The molecular weight excluding hydrogens is 246 g/mol. The Labute approximate surface area is 111 Å². The summed E-state index contributed by atoms with van der Waals surface area (Å²) in [5.41, 5.74) is 0.785. The average molecular weight is 263 g/mol. The monoisotopic (exact) mass is 263 g/mol. The van der Waals surface area contributed by atoms with E-state index in [4.69, 9.17) is 0 Å². The molecule has 0 saturated carbocycles. The predicted molar refractivity (Wildman–Crippen MR) is 71.3 cm³/mol. The molecule has 102 valence electrons. The van der Waals surface area contributed by atoms with Gasteiger partial charge in [0.25, 0.3) is 0 Å². The van der Waals surface area contributed by atoms with Crippen molar-refractivity contribution in [3.05, 3.63) is 28.6 Å². The molecule has 3 rings (SSSR count). The fraction of sp³-hybridized carbons (Fsp3) is 0.583. The molecule has 1 aromatic heterocycles. The minimum absolute atomic E-state index is 0.0984. The van der Waals surface area contributed by atoms with Crippen LogP contribution < -0.4 is 10.2 Å². The van der Waals surface area contributed by atoms with Gasteiger partial charge < -0.3 is 10.2 Å². The van der Waals surface area contributed by atoms with Crippen LogP contribution in [0.4, 0.5) is 11.4 Å². The molecule has 2 aliphatic rings. The molecule has 2 saturated heterocycles. The van der Waals surface area contributed by atoms with Crippen molar-refractivity contribution in [3.63, 3.8) is 0 Å². The van der Waals surface area contributed by atoms with Gasteiger partial charge in [-0.3, -0.25) is 20.0 Å². The predicted octanol–water partition coefficient (Wildman–Crippen LogP) is 0.0836. The number of rotatable bonds is 3. The number of piperazine rings is 1. The number of nitrogens with zero attached hydrogens (tertiary/aromatic N) is 4. The molecule has 0 radical (unpaired) electrons. The Hall–Kier alpha value is -1.73. The minimum Gasteiger partial charge on any atom is -0.363 e. The maximum Gasteiger partial charge on any atom is 0.310 e. The zero-order chi connectivity index (χ0) is 13.2. The lowest BCUT2D eigenvalue weighted by Crippen LogP contribution is -2.61. The van der Waals surface area contributed by atoms with Crippen LogP contribution in [0.25, 0.3) is 0 Å². The fourth-order valence-electron chi connectivity index (χ4n) is 2.65. The number of aromatic nitrogens is 1. The molecule has 0 amide bonds. The highest BCUT2D eigenvalue weighted by Gasteiger charge is 2.29. The number of pyridine rings is 1. The van der Waals surface area contributed by atoms with Crippen LogP contribution in [0, 0.1) is 10.1 Å². The third-order valence-electron chi connectivity index (χ3n) is 3.91. The largest absolute Gasteiger partial charge is 0.363 e. The van der Waals surface area contributed by atoms with Gasteiger partial charge >= 0.3 is 5.69 Å². The quantitative estimate of drug-likeness (QED) is 0.615. The van der Waals surface area contributed by atoms with Gasteiger partial charge in [0.15, 0.2) is 0 Å². The van der Waals surface area contributed by atoms with E-state index < -0.39 is 0 Å². The lowest BCUT2D eigenvalue weighted by atomic mass is 10.1. The SMILES string of the molecule is O=[N+]([O-])c1cnccc1N1CCN(C2CNC2)CC1. The van der Waals surface area contributed by atoms with Crippen LogP contribution >= 0.6 is 0 Å². The molecular formula is C12H17N5O2. The zero-order valence-corrected chi connectivity index (χ0v) is 10.7. The van der Waals surface area contributed by atoms with E-state index in [9.17, 15) is 10.1 Å². The first-order valence-corrected chi connectivity index (χ1v) is 6.54. The lowest BCUT2D eigenvalue weighted by Gasteiger charge is -2.43. The number of hydrogen-bond donors (Lipinski definition) is 1. The molecule has 2 fully saturated rings. The van der Waals surface area contributed by atoms with Crippen LogP contribution in [0.15, 0.2) is 18.5 Å². The summed E-state index contributed by atoms with van der Waals surface area (Å²) in [7, 11) is 0. The highest BCUT2D eigenvalue weighted by Crippen LogP contribution is 2.27. The Morgan fingerprint density at radius 2 is 2.05 bits per heavy atom. The van der Waals surface area contributed by atoms with Crippen molar-refractivity contribution in [1.82, 2.24) is 15.2 Å². The van der Waals surface area contributed by atoms with Gasteiger partial charge in [-0.2, -0.15) is 0 Å². The van der Waals surface area contributed by atoms with Crippen molar-refractivity contribution in [2.45, 2.75) is 6.04 Å². The van der Waals surface area contributed by atoms with Gasteiger partial charge in [0.05, 0.1) is 4.92 Å². The van der Waals surface area contributed by atoms with E-state index in [1.54, 1.807) is 12.3 Å². The van der Waals surface area contributed by atoms with Gasteiger partial charge in [0, 0.05) is 51.5 Å². The molecule has 7 heteroatoms. The van der Waals surface area contributed by atoms with Gasteiger partial charge in [-0.05, 0) is 6.07 Å². The van der Waals surface area contributed by atoms with Crippen LogP contribution in [0.2, 0.25) is 0 Å². The van der Waals surface area contributed by atoms with E-state index in [-0.39, 0.29) is 10.6 Å². The van der Waals surface area contributed by atoms with Crippen molar-refractivity contribution >= 4 is 11.4 Å². The van der Waals surface area contributed by atoms with E-state index in [2.05, 4.69) is 20.1 Å². The number of hydrogen-bond acceptors (Lipinski definition) is 6. The van der Waals surface area contributed by atoms with Crippen molar-refractivity contribution in [2.24, 2.45) is 0 Å². The van der Waals surface area contributed by atoms with Gasteiger partial charge in [0.1, 0.15) is 11.9 Å². The molecule has 0 unspecified atom stereocenters. The van der Waals surface area contributed by atoms with Crippen molar-refractivity contribution in [3.8, 4) is 0 Å². The summed E-state index contributed by atoms with van der Waals surface area (Å²) in [5, 5.41) is 14.3. The van der Waals surface area contributed by atoms with Crippen molar-refractivity contribution < 1.29 is 4.92 Å². The van der Waals surface area contributed by atoms with Crippen LogP contribution in [-0.4, -0.2) is 60.1 Å². The van der Waals surface area contributed by atoms with Gasteiger partial charge in [-0.25, -0.2) is 0 Å². The van der Waals surface area contributed by atoms with Crippen molar-refractivity contribution in [1.29, 1.82) is 0 Å². The topological polar surface area (TPSA) is 74.5 Å². The van der Waals surface area contributed by atoms with E-state index in [0.29, 0.717) is 11.7 Å². The summed E-state index contributed by atoms with van der Waals surface area (Å²) in [6.45, 7) is 5.73. The Bertz CT molecular complexity index is 469. The molecule has 3 heterocycles. The van der Waals surface area contributed by atoms with Crippen molar-refractivity contribution in [2.75, 3.05) is 44.2 Å². The second kappa shape index (κ2) is 5.10. The maximum absolute atomic E-state index is 11.0. The summed E-state index contributed by atoms with van der Waals surface area (Å²) in [5.74, 6) is 0. The van der Waals surface area contributed by atoms with E-state index in [0.717, 1.165) is 39.3 Å². The second-order valence-corrected chi connectivity index (χ2v) is 4.96. The van der Waals surface area contributed by atoms with Gasteiger partial charge in [0.2, 0.25) is 0 Å². The molecule has 2 aliphatic heterocycles. The number of anilines is 1. The third kappa shape index (κ3) is 2.39. The highest BCUT2D eigenvalue weighted by molar-refractivity contribution is 5.61. The first-order valence-electron chi connectivity index (χ1n) is 6.54. The Balaban J connectivity index is 1.69. The maximum atomic E-state index is 11.0. The number of nitro groups is 1. The normalized spacial score (nSPS) is 21.2. The summed E-state index contributed by atoms with van der Waals surface area (Å²) in [6.07, 6.45) is 2.95. The third-order valence-corrected chi connectivity index (χ3v) is 3.91. The van der Waals surface area contributed by atoms with Crippen LogP contribution in [0.1, 0.15) is 0 Å². The smallest absolute Gasteiger partial charge is 0.310 e. The Kier molecular flexibility index (Phi) is 3.31. The average Bonchev–Trinajstić information content (AvgIpc) is 2.37. The van der Waals surface area contributed by atoms with E-state index in [1.165, 1.54) is 6.20 Å². The molecule has 7 nitrogen and oxygen atoms in total. The fourth-order valence-corrected chi connectivity index (χ4v) is 2.65. The van der Waals surface area contributed by atoms with E-state index >= 15 is 0 Å². The number of nitrogens with one attached hydrogen (secondary N) is 1. The molecule has 0 aromatic carbocycles. The molecule has 0 atom stereocenters. The first kappa shape index (κ1) is 12.3. The molecule has 1 N–H and O–H groups in total. The highest BCUT2D eigenvalue weighted by atomic mass is 16.6. The molecule has 0 aliphatic carbocycles. The van der Waals surface area contributed by atoms with Crippen LogP contribution in [0.3, 0.4) is 0 Å². The van der Waals surface area contributed by atoms with Crippen LogP contribution in [-0.2, 0) is 0 Å². The van der Waals surface area contributed by atoms with Gasteiger partial charge in [-0.15, -0.1) is 0 Å². The summed E-state index contributed by atoms with van der Waals surface area (Å²) in [6, 6.07) is 2.38. The van der Waals surface area contributed by atoms with E-state index in [1.807, 2.05) is 0 Å². The standard InChI is InChI=1S/C12H17N5O2/c18-17(19)12-9-13-2-1-11(12)16-5-3-15(4-6-16)10-7-14-8-10/h1-2,9-10,14H,3-8H2. The molecule has 0 bridgehead atoms. The second-order valence-electron chi connectivity index (χ2n) is 4.96. The zero-order valence-electron chi connectivity index (χ0n) is 10.7. The molecule has 19 heavy (non-hydrogen) atoms. The van der Waals surface area contributed by atoms with Crippen LogP contribution in [0.5, 0.6) is 0 Å².